The van der Waals surface area contributed by atoms with Gasteiger partial charge in [0.25, 0.3) is 0 Å². The summed E-state index contributed by atoms with van der Waals surface area (Å²) in [7, 11) is 0. The maximum Gasteiger partial charge on any atom is 0.317 e. The molecule has 1 saturated heterocycles. The molecule has 29 heavy (non-hydrogen) atoms. The summed E-state index contributed by atoms with van der Waals surface area (Å²) >= 11 is 24.5. The molecule has 2 aromatic carbocycles. The lowest BCUT2D eigenvalue weighted by Crippen LogP contribution is -2.71. The average molecular weight is 472 g/mol. The molecule has 2 heterocycles. The molecule has 3 unspecified atom stereocenters. The summed E-state index contributed by atoms with van der Waals surface area (Å²) in [6.45, 7) is 3.79. The zero-order valence-corrected chi connectivity index (χ0v) is 18.6. The fourth-order valence-electron chi connectivity index (χ4n) is 4.00. The second-order valence-corrected chi connectivity index (χ2v) is 8.60. The fourth-order valence-corrected chi connectivity index (χ4v) is 5.14. The Bertz CT molecular complexity index is 1020. The molecule has 0 radical (unpaired) electrons. The first-order chi connectivity index (χ1) is 13.8. The molecule has 5 nitrogen and oxygen atoms in total. The molecular formula is C20H17Cl3N2O3S. The summed E-state index contributed by atoms with van der Waals surface area (Å²) in [5, 5.41) is 4.97. The highest BCUT2D eigenvalue weighted by atomic mass is 35.5. The number of hydrogen-bond donors (Lipinski definition) is 1. The van der Waals surface area contributed by atoms with Crippen LogP contribution in [0.25, 0.3) is 0 Å². The second kappa shape index (κ2) is 7.51. The van der Waals surface area contributed by atoms with E-state index < -0.39 is 23.7 Å². The molecule has 2 aromatic rings. The van der Waals surface area contributed by atoms with Crippen molar-refractivity contribution in [2.24, 2.45) is 5.92 Å². The summed E-state index contributed by atoms with van der Waals surface area (Å²) in [6.07, 6.45) is 0. The molecule has 152 valence electrons. The van der Waals surface area contributed by atoms with Gasteiger partial charge in [0.15, 0.2) is 5.11 Å². The van der Waals surface area contributed by atoms with Gasteiger partial charge in [-0.2, -0.15) is 0 Å². The van der Waals surface area contributed by atoms with Crippen molar-refractivity contribution in [2.45, 2.75) is 25.6 Å². The van der Waals surface area contributed by atoms with Gasteiger partial charge in [0, 0.05) is 21.3 Å². The van der Waals surface area contributed by atoms with Gasteiger partial charge in [-0.25, -0.2) is 0 Å². The molecular weight excluding hydrogens is 455 g/mol. The van der Waals surface area contributed by atoms with Gasteiger partial charge in [-0.15, -0.1) is 0 Å². The van der Waals surface area contributed by atoms with E-state index in [-0.39, 0.29) is 6.61 Å². The quantitative estimate of drug-likeness (QED) is 0.480. The predicted molar refractivity (Wildman–Crippen MR) is 118 cm³/mol. The van der Waals surface area contributed by atoms with Gasteiger partial charge in [0.2, 0.25) is 5.72 Å². The Morgan fingerprint density at radius 3 is 2.72 bits per heavy atom. The van der Waals surface area contributed by atoms with Crippen LogP contribution in [0.1, 0.15) is 25.5 Å². The largest absolute Gasteiger partial charge is 0.466 e. The highest BCUT2D eigenvalue weighted by molar-refractivity contribution is 7.80. The normalized spacial score (nSPS) is 25.0. The molecule has 0 aliphatic carbocycles. The summed E-state index contributed by atoms with van der Waals surface area (Å²) in [4.78, 5) is 14.8. The minimum Gasteiger partial charge on any atom is -0.466 e. The fraction of sp³-hybridized carbons (Fsp3) is 0.300. The number of fused-ring (bicyclic) bond motifs is 4. The third-order valence-electron chi connectivity index (χ3n) is 5.12. The zero-order valence-electron chi connectivity index (χ0n) is 15.5. The summed E-state index contributed by atoms with van der Waals surface area (Å²) < 4.78 is 11.8. The monoisotopic (exact) mass is 470 g/mol. The number of rotatable bonds is 3. The van der Waals surface area contributed by atoms with E-state index in [4.69, 9.17) is 56.5 Å². The van der Waals surface area contributed by atoms with E-state index in [1.165, 1.54) is 0 Å². The molecule has 0 saturated carbocycles. The maximum absolute atomic E-state index is 13.0. The van der Waals surface area contributed by atoms with Crippen molar-refractivity contribution in [3.05, 3.63) is 57.0 Å². The topological polar surface area (TPSA) is 50.8 Å². The number of carbonyl (C=O) groups excluding carboxylic acids is 1. The molecule has 3 atom stereocenters. The number of halogens is 3. The third kappa shape index (κ3) is 3.32. The Morgan fingerprint density at radius 1 is 1.28 bits per heavy atom. The first-order valence-electron chi connectivity index (χ1n) is 8.97. The van der Waals surface area contributed by atoms with Crippen LogP contribution in [0.3, 0.4) is 0 Å². The standard InChI is InChI=1S/C20H17Cl3N2O3S/c1-3-27-18(26)15-16-13-8-11(22)9-14(23)17(13)28-20(15,2)25(19(29)24-16)12-6-4-5-10(21)7-12/h4-9,15-16H,3H2,1-2H3,(H,24,29). The van der Waals surface area contributed by atoms with Crippen LogP contribution < -0.4 is 15.0 Å². The van der Waals surface area contributed by atoms with Crippen molar-refractivity contribution in [3.8, 4) is 5.75 Å². The minimum absolute atomic E-state index is 0.239. The molecule has 0 aromatic heterocycles. The number of benzene rings is 2. The summed E-state index contributed by atoms with van der Waals surface area (Å²) in [6, 6.07) is 9.98. The first-order valence-corrected chi connectivity index (χ1v) is 10.5. The van der Waals surface area contributed by atoms with Crippen molar-refractivity contribution in [1.82, 2.24) is 5.32 Å². The van der Waals surface area contributed by atoms with Gasteiger partial charge >= 0.3 is 5.97 Å². The Balaban J connectivity index is 1.93. The number of anilines is 1. The van der Waals surface area contributed by atoms with Gasteiger partial charge < -0.3 is 14.8 Å². The van der Waals surface area contributed by atoms with Gasteiger partial charge in [-0.3, -0.25) is 9.69 Å². The van der Waals surface area contributed by atoms with E-state index in [9.17, 15) is 4.79 Å². The van der Waals surface area contributed by atoms with Gasteiger partial charge in [0.05, 0.1) is 17.7 Å². The number of thiocarbonyl (C=S) groups is 1. The van der Waals surface area contributed by atoms with E-state index in [0.717, 1.165) is 0 Å². The molecule has 2 aliphatic rings. The van der Waals surface area contributed by atoms with Gasteiger partial charge in [-0.05, 0) is 56.4 Å². The molecule has 0 spiro atoms. The lowest BCUT2D eigenvalue weighted by Gasteiger charge is -2.55. The molecule has 1 fully saturated rings. The number of nitrogens with one attached hydrogen (secondary N) is 1. The second-order valence-electron chi connectivity index (χ2n) is 6.93. The molecule has 4 rings (SSSR count). The van der Waals surface area contributed by atoms with Crippen LogP contribution in [-0.4, -0.2) is 23.4 Å². The number of hydrogen-bond acceptors (Lipinski definition) is 4. The molecule has 9 heteroatoms. The van der Waals surface area contributed by atoms with Gasteiger partial charge in [0.1, 0.15) is 11.7 Å². The van der Waals surface area contributed by atoms with Crippen LogP contribution in [0.5, 0.6) is 5.75 Å². The summed E-state index contributed by atoms with van der Waals surface area (Å²) in [5.74, 6) is -0.704. The average Bonchev–Trinajstić information content (AvgIpc) is 2.62. The minimum atomic E-state index is -1.20. The van der Waals surface area contributed by atoms with Gasteiger partial charge in [-0.1, -0.05) is 40.9 Å². The number of ether oxygens (including phenoxy) is 2. The smallest absolute Gasteiger partial charge is 0.317 e. The molecule has 2 aliphatic heterocycles. The van der Waals surface area contributed by atoms with Crippen molar-refractivity contribution in [1.29, 1.82) is 0 Å². The van der Waals surface area contributed by atoms with Crippen LogP contribution in [0.15, 0.2) is 36.4 Å². The van der Waals surface area contributed by atoms with Crippen LogP contribution >= 0.6 is 47.0 Å². The lowest BCUT2D eigenvalue weighted by atomic mass is 9.79. The van der Waals surface area contributed by atoms with E-state index in [1.807, 2.05) is 6.07 Å². The number of nitrogens with zero attached hydrogens (tertiary/aromatic N) is 1. The highest BCUT2D eigenvalue weighted by Crippen LogP contribution is 2.52. The SMILES string of the molecule is CCOC(=O)C1C2NC(=S)N(c3cccc(Cl)c3)C1(C)Oc1c(Cl)cc(Cl)cc12. The van der Waals surface area contributed by atoms with E-state index >= 15 is 0 Å². The zero-order chi connectivity index (χ0) is 20.9. The first kappa shape index (κ1) is 20.5. The van der Waals surface area contributed by atoms with Crippen molar-refractivity contribution < 1.29 is 14.3 Å². The van der Waals surface area contributed by atoms with Crippen LogP contribution in [0, 0.1) is 5.92 Å². The lowest BCUT2D eigenvalue weighted by molar-refractivity contribution is -0.159. The predicted octanol–water partition coefficient (Wildman–Crippen LogP) is 5.37. The Labute approximate surface area is 188 Å². The molecule has 2 bridgehead atoms. The number of carbonyl (C=O) groups is 1. The van der Waals surface area contributed by atoms with Crippen molar-refractivity contribution in [3.63, 3.8) is 0 Å². The Hall–Kier alpha value is -1.73. The van der Waals surface area contributed by atoms with Crippen molar-refractivity contribution in [2.75, 3.05) is 11.5 Å². The van der Waals surface area contributed by atoms with E-state index in [2.05, 4.69) is 5.32 Å². The third-order valence-corrected chi connectivity index (χ3v) is 6.16. The van der Waals surface area contributed by atoms with E-state index in [1.54, 1.807) is 49.1 Å². The molecule has 1 N–H and O–H groups in total. The number of esters is 1. The summed E-state index contributed by atoms with van der Waals surface area (Å²) in [5.41, 5.74) is 0.138. The van der Waals surface area contributed by atoms with Crippen LogP contribution in [0.2, 0.25) is 15.1 Å². The highest BCUT2D eigenvalue weighted by Gasteiger charge is 2.60. The van der Waals surface area contributed by atoms with Crippen molar-refractivity contribution >= 4 is 63.8 Å². The maximum atomic E-state index is 13.0. The van der Waals surface area contributed by atoms with E-state index in [0.29, 0.717) is 37.2 Å². The molecule has 0 amide bonds. The van der Waals surface area contributed by atoms with Crippen LogP contribution in [-0.2, 0) is 9.53 Å². The Morgan fingerprint density at radius 2 is 2.03 bits per heavy atom. The van der Waals surface area contributed by atoms with Crippen LogP contribution in [0.4, 0.5) is 5.69 Å². The Kier molecular flexibility index (Phi) is 5.32.